The van der Waals surface area contributed by atoms with E-state index < -0.39 is 0 Å². The molecule has 0 aromatic heterocycles. The molecule has 1 aromatic rings. The lowest BCUT2D eigenvalue weighted by molar-refractivity contribution is -0.118. The van der Waals surface area contributed by atoms with Gasteiger partial charge in [-0.3, -0.25) is 4.79 Å². The van der Waals surface area contributed by atoms with Crippen LogP contribution in [0.5, 0.6) is 5.75 Å². The standard InChI is InChI=1S/C16H25NO3S/c1-13(2)20-10-4-9-17-16(18)12-21-11-14-5-7-15(19-3)8-6-14/h5-8,13H,4,9-12H2,1-3H3,(H,17,18). The largest absolute Gasteiger partial charge is 0.497 e. The summed E-state index contributed by atoms with van der Waals surface area (Å²) in [6.07, 6.45) is 1.10. The number of carbonyl (C=O) groups is 1. The third-order valence-corrected chi connectivity index (χ3v) is 3.76. The number of nitrogens with one attached hydrogen (secondary N) is 1. The minimum atomic E-state index is 0.0815. The molecule has 0 saturated carbocycles. The summed E-state index contributed by atoms with van der Waals surface area (Å²) >= 11 is 1.61. The minimum absolute atomic E-state index is 0.0815. The molecule has 5 heteroatoms. The molecule has 21 heavy (non-hydrogen) atoms. The van der Waals surface area contributed by atoms with Gasteiger partial charge in [-0.05, 0) is 38.0 Å². The van der Waals surface area contributed by atoms with Gasteiger partial charge in [0.15, 0.2) is 0 Å². The number of methoxy groups -OCH3 is 1. The quantitative estimate of drug-likeness (QED) is 0.675. The zero-order valence-corrected chi connectivity index (χ0v) is 13.9. The first-order chi connectivity index (χ1) is 10.1. The van der Waals surface area contributed by atoms with Crippen molar-refractivity contribution in [2.24, 2.45) is 0 Å². The Kier molecular flexibility index (Phi) is 8.94. The summed E-state index contributed by atoms with van der Waals surface area (Å²) < 4.78 is 10.5. The van der Waals surface area contributed by atoms with E-state index in [1.54, 1.807) is 18.9 Å². The fourth-order valence-corrected chi connectivity index (χ4v) is 2.47. The van der Waals surface area contributed by atoms with Crippen LogP contribution in [0.25, 0.3) is 0 Å². The number of hydrogen-bond acceptors (Lipinski definition) is 4. The number of amides is 1. The maximum Gasteiger partial charge on any atom is 0.230 e. The summed E-state index contributed by atoms with van der Waals surface area (Å²) in [4.78, 5) is 11.6. The smallest absolute Gasteiger partial charge is 0.230 e. The van der Waals surface area contributed by atoms with Crippen molar-refractivity contribution in [3.05, 3.63) is 29.8 Å². The molecule has 0 radical (unpaired) electrons. The van der Waals surface area contributed by atoms with Crippen LogP contribution < -0.4 is 10.1 Å². The molecule has 1 aromatic carbocycles. The maximum atomic E-state index is 11.6. The van der Waals surface area contributed by atoms with Crippen LogP contribution in [0.1, 0.15) is 25.8 Å². The molecular weight excluding hydrogens is 286 g/mol. The highest BCUT2D eigenvalue weighted by Gasteiger charge is 2.02. The number of hydrogen-bond donors (Lipinski definition) is 1. The summed E-state index contributed by atoms with van der Waals surface area (Å²) in [6, 6.07) is 7.91. The lowest BCUT2D eigenvalue weighted by Crippen LogP contribution is -2.27. The fraction of sp³-hybridized carbons (Fsp3) is 0.562. The molecule has 0 heterocycles. The summed E-state index contributed by atoms with van der Waals surface area (Å²) in [5.74, 6) is 2.24. The summed E-state index contributed by atoms with van der Waals surface area (Å²) in [5, 5.41) is 2.90. The van der Waals surface area contributed by atoms with Crippen molar-refractivity contribution >= 4 is 17.7 Å². The predicted molar refractivity (Wildman–Crippen MR) is 87.9 cm³/mol. The number of thioether (sulfide) groups is 1. The Bertz CT molecular complexity index is 406. The van der Waals surface area contributed by atoms with E-state index in [4.69, 9.17) is 9.47 Å². The average Bonchev–Trinajstić information content (AvgIpc) is 2.47. The van der Waals surface area contributed by atoms with Gasteiger partial charge >= 0.3 is 0 Å². The number of ether oxygens (including phenoxy) is 2. The molecule has 0 bridgehead atoms. The van der Waals surface area contributed by atoms with Crippen molar-refractivity contribution in [1.82, 2.24) is 5.32 Å². The van der Waals surface area contributed by atoms with Crippen molar-refractivity contribution in [3.63, 3.8) is 0 Å². The Morgan fingerprint density at radius 1 is 1.29 bits per heavy atom. The van der Waals surface area contributed by atoms with Crippen molar-refractivity contribution in [1.29, 1.82) is 0 Å². The van der Waals surface area contributed by atoms with Gasteiger partial charge in [0, 0.05) is 18.9 Å². The fourth-order valence-electron chi connectivity index (χ4n) is 1.65. The number of carbonyl (C=O) groups excluding carboxylic acids is 1. The van der Waals surface area contributed by atoms with E-state index in [1.165, 1.54) is 5.56 Å². The van der Waals surface area contributed by atoms with E-state index in [0.717, 1.165) is 17.9 Å². The Hall–Kier alpha value is -1.20. The van der Waals surface area contributed by atoms with Crippen LogP contribution in [-0.2, 0) is 15.3 Å². The Morgan fingerprint density at radius 3 is 2.62 bits per heavy atom. The van der Waals surface area contributed by atoms with Crippen LogP contribution in [0.4, 0.5) is 0 Å². The highest BCUT2D eigenvalue weighted by atomic mass is 32.2. The molecule has 1 amide bonds. The Balaban J connectivity index is 2.07. The normalized spacial score (nSPS) is 10.7. The molecule has 0 spiro atoms. The second-order valence-corrected chi connectivity index (χ2v) is 5.95. The van der Waals surface area contributed by atoms with Gasteiger partial charge in [-0.25, -0.2) is 0 Å². The van der Waals surface area contributed by atoms with Gasteiger partial charge in [0.25, 0.3) is 0 Å². The van der Waals surface area contributed by atoms with E-state index in [2.05, 4.69) is 5.32 Å². The summed E-state index contributed by atoms with van der Waals surface area (Å²) in [6.45, 7) is 5.38. The van der Waals surface area contributed by atoms with Gasteiger partial charge in [-0.2, -0.15) is 0 Å². The van der Waals surface area contributed by atoms with Gasteiger partial charge < -0.3 is 14.8 Å². The molecule has 0 unspecified atom stereocenters. The van der Waals surface area contributed by atoms with Gasteiger partial charge in [0.05, 0.1) is 19.0 Å². The zero-order chi connectivity index (χ0) is 15.5. The first-order valence-corrected chi connectivity index (χ1v) is 8.36. The predicted octanol–water partition coefficient (Wildman–Crippen LogP) is 2.86. The van der Waals surface area contributed by atoms with Crippen LogP contribution in [0.2, 0.25) is 0 Å². The maximum absolute atomic E-state index is 11.6. The van der Waals surface area contributed by atoms with Crippen LogP contribution in [-0.4, -0.2) is 38.0 Å². The molecular formula is C16H25NO3S. The van der Waals surface area contributed by atoms with E-state index in [-0.39, 0.29) is 12.0 Å². The van der Waals surface area contributed by atoms with Gasteiger partial charge in [-0.15, -0.1) is 11.8 Å². The third-order valence-electron chi connectivity index (χ3n) is 2.76. The monoisotopic (exact) mass is 311 g/mol. The van der Waals surface area contributed by atoms with E-state index in [1.807, 2.05) is 38.1 Å². The first-order valence-electron chi connectivity index (χ1n) is 7.20. The van der Waals surface area contributed by atoms with Gasteiger partial charge in [0.1, 0.15) is 5.75 Å². The van der Waals surface area contributed by atoms with Crippen molar-refractivity contribution < 1.29 is 14.3 Å². The topological polar surface area (TPSA) is 47.6 Å². The molecule has 0 aliphatic rings. The molecule has 0 fully saturated rings. The van der Waals surface area contributed by atoms with Crippen molar-refractivity contribution in [3.8, 4) is 5.75 Å². The highest BCUT2D eigenvalue weighted by Crippen LogP contribution is 2.16. The lowest BCUT2D eigenvalue weighted by Gasteiger charge is -2.08. The van der Waals surface area contributed by atoms with Crippen LogP contribution >= 0.6 is 11.8 Å². The Morgan fingerprint density at radius 2 is 2.00 bits per heavy atom. The van der Waals surface area contributed by atoms with E-state index in [0.29, 0.717) is 18.9 Å². The number of rotatable bonds is 10. The lowest BCUT2D eigenvalue weighted by atomic mass is 10.2. The highest BCUT2D eigenvalue weighted by molar-refractivity contribution is 7.99. The second kappa shape index (κ2) is 10.5. The second-order valence-electron chi connectivity index (χ2n) is 4.96. The molecule has 118 valence electrons. The zero-order valence-electron chi connectivity index (χ0n) is 13.1. The van der Waals surface area contributed by atoms with Crippen LogP contribution in [0.3, 0.4) is 0 Å². The van der Waals surface area contributed by atoms with E-state index >= 15 is 0 Å². The van der Waals surface area contributed by atoms with Crippen LogP contribution in [0, 0.1) is 0 Å². The van der Waals surface area contributed by atoms with Gasteiger partial charge in [-0.1, -0.05) is 12.1 Å². The molecule has 0 atom stereocenters. The molecule has 4 nitrogen and oxygen atoms in total. The first kappa shape index (κ1) is 17.9. The number of benzene rings is 1. The average molecular weight is 311 g/mol. The SMILES string of the molecule is COc1ccc(CSCC(=O)NCCCOC(C)C)cc1. The molecule has 0 aliphatic heterocycles. The third kappa shape index (κ3) is 8.63. The molecule has 0 aliphatic carbocycles. The van der Waals surface area contributed by atoms with Gasteiger partial charge in [0.2, 0.25) is 5.91 Å². The summed E-state index contributed by atoms with van der Waals surface area (Å²) in [7, 11) is 1.65. The summed E-state index contributed by atoms with van der Waals surface area (Å²) in [5.41, 5.74) is 1.19. The van der Waals surface area contributed by atoms with Crippen molar-refractivity contribution in [2.75, 3.05) is 26.0 Å². The molecule has 1 rings (SSSR count). The van der Waals surface area contributed by atoms with Crippen molar-refractivity contribution in [2.45, 2.75) is 32.1 Å². The molecule has 0 saturated heterocycles. The van der Waals surface area contributed by atoms with Crippen LogP contribution in [0.15, 0.2) is 24.3 Å². The van der Waals surface area contributed by atoms with E-state index in [9.17, 15) is 4.79 Å². The molecule has 1 N–H and O–H groups in total. The Labute approximate surface area is 131 Å². The minimum Gasteiger partial charge on any atom is -0.497 e.